The van der Waals surface area contributed by atoms with Crippen LogP contribution in [0.5, 0.6) is 17.2 Å². The molecule has 2 aromatic rings. The summed E-state index contributed by atoms with van der Waals surface area (Å²) in [7, 11) is 4.79. The van der Waals surface area contributed by atoms with Gasteiger partial charge in [0, 0.05) is 30.6 Å². The van der Waals surface area contributed by atoms with Crippen LogP contribution in [0.3, 0.4) is 0 Å². The SMILES string of the molecule is COc1cc(C=Nc2ccc(N3CCOCC3)cc2)cc(OC)c1OC. The molecule has 1 saturated heterocycles. The number of methoxy groups -OCH3 is 3. The molecule has 0 unspecified atom stereocenters. The van der Waals surface area contributed by atoms with Crippen molar-refractivity contribution in [2.24, 2.45) is 4.99 Å². The van der Waals surface area contributed by atoms with Crippen molar-refractivity contribution in [3.63, 3.8) is 0 Å². The lowest BCUT2D eigenvalue weighted by Crippen LogP contribution is -2.36. The summed E-state index contributed by atoms with van der Waals surface area (Å²) in [6.07, 6.45) is 1.79. The largest absolute Gasteiger partial charge is 0.493 e. The molecule has 138 valence electrons. The fourth-order valence-corrected chi connectivity index (χ4v) is 2.90. The molecule has 1 aliphatic heterocycles. The van der Waals surface area contributed by atoms with E-state index < -0.39 is 0 Å². The van der Waals surface area contributed by atoms with Crippen LogP contribution < -0.4 is 19.1 Å². The van der Waals surface area contributed by atoms with Crippen molar-refractivity contribution in [2.45, 2.75) is 0 Å². The van der Waals surface area contributed by atoms with E-state index in [0.29, 0.717) is 17.2 Å². The number of nitrogens with zero attached hydrogens (tertiary/aromatic N) is 2. The maximum atomic E-state index is 5.39. The van der Waals surface area contributed by atoms with Crippen LogP contribution in [0.4, 0.5) is 11.4 Å². The Hall–Kier alpha value is -2.73. The van der Waals surface area contributed by atoms with Crippen molar-refractivity contribution in [1.29, 1.82) is 0 Å². The van der Waals surface area contributed by atoms with E-state index in [1.807, 2.05) is 24.3 Å². The van der Waals surface area contributed by atoms with Crippen LogP contribution in [0.1, 0.15) is 5.56 Å². The van der Waals surface area contributed by atoms with Gasteiger partial charge in [0.1, 0.15) is 0 Å². The second kappa shape index (κ2) is 8.58. The Bertz CT molecular complexity index is 728. The molecule has 2 aromatic carbocycles. The predicted octanol–water partition coefficient (Wildman–Crippen LogP) is 3.30. The minimum absolute atomic E-state index is 0.571. The van der Waals surface area contributed by atoms with E-state index in [4.69, 9.17) is 18.9 Å². The summed E-state index contributed by atoms with van der Waals surface area (Å²) in [5.41, 5.74) is 2.95. The first kappa shape index (κ1) is 18.1. The van der Waals surface area contributed by atoms with E-state index in [9.17, 15) is 0 Å². The number of hydrogen-bond donors (Lipinski definition) is 0. The second-order valence-electron chi connectivity index (χ2n) is 5.83. The smallest absolute Gasteiger partial charge is 0.203 e. The highest BCUT2D eigenvalue weighted by atomic mass is 16.5. The summed E-state index contributed by atoms with van der Waals surface area (Å²) in [4.78, 5) is 6.86. The number of aliphatic imine (C=N–C) groups is 1. The van der Waals surface area contributed by atoms with Gasteiger partial charge in [-0.2, -0.15) is 0 Å². The molecule has 0 aliphatic carbocycles. The summed E-state index contributed by atoms with van der Waals surface area (Å²) >= 11 is 0. The fraction of sp³-hybridized carbons (Fsp3) is 0.350. The van der Waals surface area contributed by atoms with E-state index in [1.54, 1.807) is 27.5 Å². The zero-order valence-electron chi connectivity index (χ0n) is 15.4. The van der Waals surface area contributed by atoms with Gasteiger partial charge in [-0.05, 0) is 36.4 Å². The van der Waals surface area contributed by atoms with Gasteiger partial charge in [-0.15, -0.1) is 0 Å². The number of ether oxygens (including phenoxy) is 4. The monoisotopic (exact) mass is 356 g/mol. The first-order chi connectivity index (χ1) is 12.7. The molecule has 1 fully saturated rings. The van der Waals surface area contributed by atoms with Crippen LogP contribution in [0.2, 0.25) is 0 Å². The van der Waals surface area contributed by atoms with Crippen LogP contribution in [0.15, 0.2) is 41.4 Å². The lowest BCUT2D eigenvalue weighted by Gasteiger charge is -2.28. The maximum Gasteiger partial charge on any atom is 0.203 e. The predicted molar refractivity (Wildman–Crippen MR) is 103 cm³/mol. The molecular formula is C20H24N2O4. The van der Waals surface area contributed by atoms with Gasteiger partial charge in [0.2, 0.25) is 5.75 Å². The summed E-state index contributed by atoms with van der Waals surface area (Å²) < 4.78 is 21.5. The van der Waals surface area contributed by atoms with Crippen LogP contribution in [0.25, 0.3) is 0 Å². The lowest BCUT2D eigenvalue weighted by molar-refractivity contribution is 0.122. The summed E-state index contributed by atoms with van der Waals surface area (Å²) in [6.45, 7) is 3.41. The minimum atomic E-state index is 0.571. The van der Waals surface area contributed by atoms with Crippen molar-refractivity contribution in [2.75, 3.05) is 52.5 Å². The molecule has 26 heavy (non-hydrogen) atoms. The first-order valence-corrected chi connectivity index (χ1v) is 8.52. The van der Waals surface area contributed by atoms with Gasteiger partial charge < -0.3 is 23.8 Å². The Morgan fingerprint density at radius 2 is 1.54 bits per heavy atom. The van der Waals surface area contributed by atoms with Gasteiger partial charge in [-0.25, -0.2) is 0 Å². The molecule has 0 amide bonds. The second-order valence-corrected chi connectivity index (χ2v) is 5.83. The number of rotatable bonds is 6. The highest BCUT2D eigenvalue weighted by molar-refractivity contribution is 5.84. The zero-order chi connectivity index (χ0) is 18.4. The number of anilines is 1. The molecule has 6 nitrogen and oxygen atoms in total. The molecule has 0 N–H and O–H groups in total. The van der Waals surface area contributed by atoms with Gasteiger partial charge in [0.15, 0.2) is 11.5 Å². The maximum absolute atomic E-state index is 5.39. The third-order valence-corrected chi connectivity index (χ3v) is 4.28. The van der Waals surface area contributed by atoms with Crippen LogP contribution in [0, 0.1) is 0 Å². The normalized spacial score (nSPS) is 14.5. The van der Waals surface area contributed by atoms with Gasteiger partial charge in [0.25, 0.3) is 0 Å². The molecule has 0 bridgehead atoms. The minimum Gasteiger partial charge on any atom is -0.493 e. The van der Waals surface area contributed by atoms with E-state index in [2.05, 4.69) is 22.0 Å². The Morgan fingerprint density at radius 3 is 2.08 bits per heavy atom. The fourth-order valence-electron chi connectivity index (χ4n) is 2.90. The topological polar surface area (TPSA) is 52.5 Å². The number of hydrogen-bond acceptors (Lipinski definition) is 6. The summed E-state index contributed by atoms with van der Waals surface area (Å²) in [5, 5.41) is 0. The van der Waals surface area contributed by atoms with Crippen molar-refractivity contribution >= 4 is 17.6 Å². The molecule has 0 radical (unpaired) electrons. The van der Waals surface area contributed by atoms with Crippen molar-refractivity contribution < 1.29 is 18.9 Å². The first-order valence-electron chi connectivity index (χ1n) is 8.52. The lowest BCUT2D eigenvalue weighted by atomic mass is 10.2. The molecule has 0 spiro atoms. The number of benzene rings is 2. The van der Waals surface area contributed by atoms with Crippen molar-refractivity contribution in [3.8, 4) is 17.2 Å². The molecule has 3 rings (SSSR count). The van der Waals surface area contributed by atoms with Crippen LogP contribution in [-0.4, -0.2) is 53.8 Å². The highest BCUT2D eigenvalue weighted by Crippen LogP contribution is 2.37. The average molecular weight is 356 g/mol. The van der Waals surface area contributed by atoms with Gasteiger partial charge in [-0.3, -0.25) is 4.99 Å². The Balaban J connectivity index is 1.77. The summed E-state index contributed by atoms with van der Waals surface area (Å²) in [6, 6.07) is 11.9. The average Bonchev–Trinajstić information content (AvgIpc) is 2.72. The molecule has 1 heterocycles. The van der Waals surface area contributed by atoms with Crippen LogP contribution >= 0.6 is 0 Å². The van der Waals surface area contributed by atoms with E-state index in [-0.39, 0.29) is 0 Å². The Morgan fingerprint density at radius 1 is 0.923 bits per heavy atom. The Kier molecular flexibility index (Phi) is 5.96. The highest BCUT2D eigenvalue weighted by Gasteiger charge is 2.13. The molecular weight excluding hydrogens is 332 g/mol. The molecule has 6 heteroatoms. The van der Waals surface area contributed by atoms with E-state index in [0.717, 1.165) is 37.6 Å². The van der Waals surface area contributed by atoms with Crippen molar-refractivity contribution in [1.82, 2.24) is 0 Å². The Labute approximate surface area is 154 Å². The standard InChI is InChI=1S/C20H24N2O4/c1-23-18-12-15(13-19(24-2)20(18)25-3)14-21-16-4-6-17(7-5-16)22-8-10-26-11-9-22/h4-7,12-14H,8-11H2,1-3H3. The van der Waals surface area contributed by atoms with Gasteiger partial charge >= 0.3 is 0 Å². The summed E-state index contributed by atoms with van der Waals surface area (Å²) in [5.74, 6) is 1.79. The van der Waals surface area contributed by atoms with Crippen molar-refractivity contribution in [3.05, 3.63) is 42.0 Å². The molecule has 1 aliphatic rings. The zero-order valence-corrected chi connectivity index (χ0v) is 15.4. The number of morpholine rings is 1. The van der Waals surface area contributed by atoms with E-state index >= 15 is 0 Å². The third kappa shape index (κ3) is 4.08. The van der Waals surface area contributed by atoms with E-state index in [1.165, 1.54) is 5.69 Å². The quantitative estimate of drug-likeness (QED) is 0.744. The van der Waals surface area contributed by atoms with Gasteiger partial charge in [0.05, 0.1) is 40.2 Å². The molecule has 0 atom stereocenters. The third-order valence-electron chi connectivity index (χ3n) is 4.28. The van der Waals surface area contributed by atoms with Gasteiger partial charge in [-0.1, -0.05) is 0 Å². The van der Waals surface area contributed by atoms with Crippen LogP contribution in [-0.2, 0) is 4.74 Å². The molecule has 0 aromatic heterocycles. The molecule has 0 saturated carbocycles.